The third kappa shape index (κ3) is 5.56. The van der Waals surface area contributed by atoms with Crippen LogP contribution in [0.2, 0.25) is 10.0 Å². The molecule has 7 nitrogen and oxygen atoms in total. The van der Waals surface area contributed by atoms with Crippen molar-refractivity contribution in [2.45, 2.75) is 20.4 Å². The Kier molecular flexibility index (Phi) is 6.89. The third-order valence-corrected chi connectivity index (χ3v) is 5.53. The molecule has 0 spiro atoms. The number of carbonyl (C=O) groups excluding carboxylic acids is 1. The number of hydrogen-bond acceptors (Lipinski definition) is 6. The maximum atomic E-state index is 12.1. The van der Waals surface area contributed by atoms with Crippen LogP contribution >= 0.6 is 34.5 Å². The van der Waals surface area contributed by atoms with Gasteiger partial charge in [-0.1, -0.05) is 23.2 Å². The van der Waals surface area contributed by atoms with Crippen LogP contribution in [0.3, 0.4) is 0 Å². The molecule has 1 N–H and O–H groups in total. The molecular weight excluding hydrogens is 435 g/mol. The van der Waals surface area contributed by atoms with Gasteiger partial charge < -0.3 is 10.1 Å². The van der Waals surface area contributed by atoms with Gasteiger partial charge in [-0.2, -0.15) is 5.10 Å². The van der Waals surface area contributed by atoms with Gasteiger partial charge in [-0.15, -0.1) is 11.3 Å². The standard InChI is InChI=1S/C19H18Cl2N4O3S/c1-11-19(29-12(2)23-11)15-4-6-18(27)25(24-15)8-7-22-17(26)10-28-16-5-3-13(20)9-14(16)21/h3-6,9H,7-8,10H2,1-2H3,(H,22,26). The molecular formula is C19H18Cl2N4O3S. The van der Waals surface area contributed by atoms with Gasteiger partial charge in [-0.25, -0.2) is 9.67 Å². The van der Waals surface area contributed by atoms with Gasteiger partial charge in [-0.05, 0) is 38.1 Å². The summed E-state index contributed by atoms with van der Waals surface area (Å²) in [5, 5.41) is 8.82. The summed E-state index contributed by atoms with van der Waals surface area (Å²) in [6.07, 6.45) is 0. The van der Waals surface area contributed by atoms with E-state index >= 15 is 0 Å². The molecule has 10 heteroatoms. The van der Waals surface area contributed by atoms with Crippen molar-refractivity contribution < 1.29 is 9.53 Å². The second-order valence-electron chi connectivity index (χ2n) is 6.14. The molecule has 3 aromatic rings. The van der Waals surface area contributed by atoms with E-state index in [4.69, 9.17) is 27.9 Å². The second kappa shape index (κ2) is 9.39. The van der Waals surface area contributed by atoms with Crippen LogP contribution in [-0.2, 0) is 11.3 Å². The minimum absolute atomic E-state index is 0.205. The van der Waals surface area contributed by atoms with Crippen LogP contribution in [0.1, 0.15) is 10.7 Å². The summed E-state index contributed by atoms with van der Waals surface area (Å²) < 4.78 is 6.70. The highest BCUT2D eigenvalue weighted by atomic mass is 35.5. The smallest absolute Gasteiger partial charge is 0.266 e. The summed E-state index contributed by atoms with van der Waals surface area (Å²) in [6.45, 7) is 4.09. The molecule has 0 aliphatic carbocycles. The normalized spacial score (nSPS) is 10.8. The Balaban J connectivity index is 1.56. The molecule has 152 valence electrons. The molecule has 2 heterocycles. The van der Waals surface area contributed by atoms with E-state index in [-0.39, 0.29) is 31.2 Å². The number of hydrogen-bond donors (Lipinski definition) is 1. The number of nitrogens with zero attached hydrogens (tertiary/aromatic N) is 3. The minimum Gasteiger partial charge on any atom is -0.482 e. The van der Waals surface area contributed by atoms with Crippen LogP contribution in [0.15, 0.2) is 35.1 Å². The highest BCUT2D eigenvalue weighted by Crippen LogP contribution is 2.28. The SMILES string of the molecule is Cc1nc(C)c(-c2ccc(=O)n(CCNC(=O)COc3ccc(Cl)cc3Cl)n2)s1. The van der Waals surface area contributed by atoms with Gasteiger partial charge in [0.05, 0.1) is 27.1 Å². The van der Waals surface area contributed by atoms with Crippen molar-refractivity contribution in [2.24, 2.45) is 0 Å². The lowest BCUT2D eigenvalue weighted by atomic mass is 10.3. The van der Waals surface area contributed by atoms with E-state index in [1.165, 1.54) is 28.2 Å². The molecule has 0 radical (unpaired) electrons. The Morgan fingerprint density at radius 2 is 2.03 bits per heavy atom. The fourth-order valence-corrected chi connectivity index (χ4v) is 3.93. The first-order valence-electron chi connectivity index (χ1n) is 8.70. The molecule has 0 aliphatic rings. The highest BCUT2D eigenvalue weighted by molar-refractivity contribution is 7.15. The predicted octanol–water partition coefficient (Wildman–Crippen LogP) is 3.49. The lowest BCUT2D eigenvalue weighted by Crippen LogP contribution is -2.34. The van der Waals surface area contributed by atoms with E-state index in [0.717, 1.165) is 15.6 Å². The van der Waals surface area contributed by atoms with Gasteiger partial charge in [-0.3, -0.25) is 9.59 Å². The van der Waals surface area contributed by atoms with E-state index in [1.54, 1.807) is 18.2 Å². The number of aromatic nitrogens is 3. The zero-order valence-electron chi connectivity index (χ0n) is 15.7. The molecule has 3 rings (SSSR count). The number of rotatable bonds is 7. The number of ether oxygens (including phenoxy) is 1. The Bertz CT molecular complexity index is 1100. The van der Waals surface area contributed by atoms with Crippen LogP contribution < -0.4 is 15.6 Å². The number of aryl methyl sites for hydroxylation is 2. The third-order valence-electron chi connectivity index (χ3n) is 3.90. The second-order valence-corrected chi connectivity index (χ2v) is 8.19. The molecule has 2 aromatic heterocycles. The maximum absolute atomic E-state index is 12.1. The van der Waals surface area contributed by atoms with Crippen LogP contribution in [0, 0.1) is 13.8 Å². The van der Waals surface area contributed by atoms with Crippen molar-refractivity contribution in [1.82, 2.24) is 20.1 Å². The number of benzene rings is 1. The highest BCUT2D eigenvalue weighted by Gasteiger charge is 2.11. The van der Waals surface area contributed by atoms with E-state index in [2.05, 4.69) is 15.4 Å². The van der Waals surface area contributed by atoms with Crippen LogP contribution in [-0.4, -0.2) is 33.8 Å². The number of carbonyl (C=O) groups is 1. The van der Waals surface area contributed by atoms with Gasteiger partial charge in [0.1, 0.15) is 11.4 Å². The average Bonchev–Trinajstić information content (AvgIpc) is 3.00. The van der Waals surface area contributed by atoms with E-state index in [0.29, 0.717) is 21.5 Å². The van der Waals surface area contributed by atoms with Crippen molar-refractivity contribution in [3.05, 3.63) is 61.4 Å². The summed E-state index contributed by atoms with van der Waals surface area (Å²) >= 11 is 13.3. The van der Waals surface area contributed by atoms with Gasteiger partial charge in [0, 0.05) is 17.6 Å². The monoisotopic (exact) mass is 452 g/mol. The Hall–Kier alpha value is -2.42. The van der Waals surface area contributed by atoms with Crippen LogP contribution in [0.5, 0.6) is 5.75 Å². The predicted molar refractivity (Wildman–Crippen MR) is 114 cm³/mol. The fourth-order valence-electron chi connectivity index (χ4n) is 2.59. The van der Waals surface area contributed by atoms with Crippen molar-refractivity contribution in [3.8, 4) is 16.3 Å². The van der Waals surface area contributed by atoms with E-state index < -0.39 is 0 Å². The molecule has 0 atom stereocenters. The maximum Gasteiger partial charge on any atom is 0.266 e. The number of halogens is 2. The summed E-state index contributed by atoms with van der Waals surface area (Å²) in [5.74, 6) is 0.0289. The molecule has 0 fully saturated rings. The van der Waals surface area contributed by atoms with Crippen molar-refractivity contribution >= 4 is 40.4 Å². The molecule has 0 aliphatic heterocycles. The summed E-state index contributed by atoms with van der Waals surface area (Å²) in [4.78, 5) is 29.4. The number of amides is 1. The zero-order chi connectivity index (χ0) is 21.0. The minimum atomic E-state index is -0.339. The number of nitrogens with one attached hydrogen (secondary N) is 1. The summed E-state index contributed by atoms with van der Waals surface area (Å²) in [5.41, 5.74) is 1.31. The first-order chi connectivity index (χ1) is 13.8. The molecule has 0 unspecified atom stereocenters. The summed E-state index contributed by atoms with van der Waals surface area (Å²) in [7, 11) is 0. The zero-order valence-corrected chi connectivity index (χ0v) is 18.1. The quantitative estimate of drug-likeness (QED) is 0.592. The van der Waals surface area contributed by atoms with Gasteiger partial charge in [0.2, 0.25) is 0 Å². The van der Waals surface area contributed by atoms with Crippen molar-refractivity contribution in [2.75, 3.05) is 13.2 Å². The van der Waals surface area contributed by atoms with Crippen molar-refractivity contribution in [1.29, 1.82) is 0 Å². The molecule has 29 heavy (non-hydrogen) atoms. The Labute approximate surface area is 181 Å². The number of thiazole rings is 1. The molecule has 0 saturated carbocycles. The largest absolute Gasteiger partial charge is 0.482 e. The molecule has 1 aromatic carbocycles. The molecule has 0 bridgehead atoms. The van der Waals surface area contributed by atoms with Gasteiger partial charge >= 0.3 is 0 Å². The van der Waals surface area contributed by atoms with Gasteiger partial charge in [0.15, 0.2) is 6.61 Å². The molecule has 0 saturated heterocycles. The molecule has 1 amide bonds. The van der Waals surface area contributed by atoms with Crippen LogP contribution in [0.25, 0.3) is 10.6 Å². The average molecular weight is 453 g/mol. The van der Waals surface area contributed by atoms with Crippen molar-refractivity contribution in [3.63, 3.8) is 0 Å². The lowest BCUT2D eigenvalue weighted by molar-refractivity contribution is -0.123. The first-order valence-corrected chi connectivity index (χ1v) is 10.3. The summed E-state index contributed by atoms with van der Waals surface area (Å²) in [6, 6.07) is 7.90. The Morgan fingerprint density at radius 3 is 2.72 bits per heavy atom. The first kappa shape index (κ1) is 21.3. The topological polar surface area (TPSA) is 86.1 Å². The Morgan fingerprint density at radius 1 is 1.24 bits per heavy atom. The van der Waals surface area contributed by atoms with E-state index in [1.807, 2.05) is 13.8 Å². The van der Waals surface area contributed by atoms with Gasteiger partial charge in [0.25, 0.3) is 11.5 Å². The van der Waals surface area contributed by atoms with Crippen LogP contribution in [0.4, 0.5) is 0 Å². The lowest BCUT2D eigenvalue weighted by Gasteiger charge is -2.10. The van der Waals surface area contributed by atoms with E-state index in [9.17, 15) is 9.59 Å². The fraction of sp³-hybridized carbons (Fsp3) is 0.263.